The van der Waals surface area contributed by atoms with E-state index in [1.807, 2.05) is 12.1 Å². The van der Waals surface area contributed by atoms with Gasteiger partial charge in [0.15, 0.2) is 0 Å². The summed E-state index contributed by atoms with van der Waals surface area (Å²) in [6, 6.07) is 7.53. The number of unbranched alkanes of at least 4 members (excludes halogenated alkanes) is 1. The number of hydrogen-bond donors (Lipinski definition) is 1. The van der Waals surface area contributed by atoms with Crippen LogP contribution in [0, 0.1) is 11.7 Å². The summed E-state index contributed by atoms with van der Waals surface area (Å²) in [5, 5.41) is 3.46. The van der Waals surface area contributed by atoms with E-state index in [4.69, 9.17) is 4.74 Å². The summed E-state index contributed by atoms with van der Waals surface area (Å²) in [6.07, 6.45) is 4.01. The molecule has 0 bridgehead atoms. The molecule has 1 aromatic rings. The van der Waals surface area contributed by atoms with Crippen molar-refractivity contribution in [2.24, 2.45) is 5.92 Å². The number of rotatable bonds is 11. The van der Waals surface area contributed by atoms with Crippen LogP contribution in [-0.2, 0) is 11.2 Å². The van der Waals surface area contributed by atoms with Gasteiger partial charge in [0.1, 0.15) is 5.82 Å². The Morgan fingerprint density at radius 2 is 1.95 bits per heavy atom. The fourth-order valence-corrected chi connectivity index (χ4v) is 2.25. The molecule has 0 spiro atoms. The summed E-state index contributed by atoms with van der Waals surface area (Å²) in [7, 11) is 0. The van der Waals surface area contributed by atoms with Crippen LogP contribution in [0.1, 0.15) is 45.6 Å². The monoisotopic (exact) mass is 295 g/mol. The minimum Gasteiger partial charge on any atom is -0.381 e. The van der Waals surface area contributed by atoms with E-state index in [2.05, 4.69) is 26.1 Å². The predicted molar refractivity (Wildman–Crippen MR) is 87.1 cm³/mol. The third-order valence-electron chi connectivity index (χ3n) is 3.59. The van der Waals surface area contributed by atoms with Crippen molar-refractivity contribution in [3.8, 4) is 0 Å². The lowest BCUT2D eigenvalue weighted by Gasteiger charge is -2.20. The van der Waals surface area contributed by atoms with Crippen molar-refractivity contribution in [2.45, 2.75) is 52.5 Å². The molecule has 1 N–H and O–H groups in total. The number of halogens is 1. The largest absolute Gasteiger partial charge is 0.381 e. The zero-order valence-electron chi connectivity index (χ0n) is 13.7. The molecule has 1 unspecified atom stereocenters. The van der Waals surface area contributed by atoms with Gasteiger partial charge in [0.05, 0.1) is 0 Å². The van der Waals surface area contributed by atoms with Crippen molar-refractivity contribution in [1.82, 2.24) is 5.32 Å². The van der Waals surface area contributed by atoms with E-state index in [1.165, 1.54) is 0 Å². The summed E-state index contributed by atoms with van der Waals surface area (Å²) in [5.41, 5.74) is 0.807. The summed E-state index contributed by atoms with van der Waals surface area (Å²) in [5.74, 6) is 0.310. The maximum Gasteiger partial charge on any atom is 0.126 e. The SMILES string of the molecule is CCCCOCCC(CNC(C)C)Cc1ccccc1F. The van der Waals surface area contributed by atoms with Crippen molar-refractivity contribution in [1.29, 1.82) is 0 Å². The Labute approximate surface area is 129 Å². The normalized spacial score (nSPS) is 12.8. The van der Waals surface area contributed by atoms with Crippen LogP contribution < -0.4 is 5.32 Å². The first-order chi connectivity index (χ1) is 10.1. The number of ether oxygens (including phenoxy) is 1. The van der Waals surface area contributed by atoms with Crippen LogP contribution in [0.2, 0.25) is 0 Å². The fraction of sp³-hybridized carbons (Fsp3) is 0.667. The van der Waals surface area contributed by atoms with E-state index in [1.54, 1.807) is 12.1 Å². The lowest BCUT2D eigenvalue weighted by molar-refractivity contribution is 0.116. The Hall–Kier alpha value is -0.930. The van der Waals surface area contributed by atoms with Crippen molar-refractivity contribution in [3.05, 3.63) is 35.6 Å². The van der Waals surface area contributed by atoms with Gasteiger partial charge in [0.25, 0.3) is 0 Å². The van der Waals surface area contributed by atoms with E-state index < -0.39 is 0 Å². The first-order valence-electron chi connectivity index (χ1n) is 8.18. The van der Waals surface area contributed by atoms with E-state index in [9.17, 15) is 4.39 Å². The molecule has 0 aromatic heterocycles. The van der Waals surface area contributed by atoms with Gasteiger partial charge in [0.2, 0.25) is 0 Å². The van der Waals surface area contributed by atoms with Crippen molar-refractivity contribution in [3.63, 3.8) is 0 Å². The van der Waals surface area contributed by atoms with Crippen molar-refractivity contribution in [2.75, 3.05) is 19.8 Å². The second-order valence-electron chi connectivity index (χ2n) is 5.98. The molecule has 0 aliphatic rings. The zero-order valence-corrected chi connectivity index (χ0v) is 13.7. The molecule has 0 aliphatic carbocycles. The van der Waals surface area contributed by atoms with Gasteiger partial charge in [-0.3, -0.25) is 0 Å². The van der Waals surface area contributed by atoms with Crippen LogP contribution in [0.25, 0.3) is 0 Å². The highest BCUT2D eigenvalue weighted by atomic mass is 19.1. The smallest absolute Gasteiger partial charge is 0.126 e. The summed E-state index contributed by atoms with van der Waals surface area (Å²) >= 11 is 0. The van der Waals surface area contributed by atoms with Gasteiger partial charge in [-0.25, -0.2) is 4.39 Å². The topological polar surface area (TPSA) is 21.3 Å². The maximum absolute atomic E-state index is 13.8. The Morgan fingerprint density at radius 3 is 2.62 bits per heavy atom. The fourth-order valence-electron chi connectivity index (χ4n) is 2.25. The van der Waals surface area contributed by atoms with Gasteiger partial charge in [-0.1, -0.05) is 45.4 Å². The summed E-state index contributed by atoms with van der Waals surface area (Å²) < 4.78 is 19.4. The summed E-state index contributed by atoms with van der Waals surface area (Å²) in [4.78, 5) is 0. The quantitative estimate of drug-likeness (QED) is 0.618. The minimum atomic E-state index is -0.0982. The van der Waals surface area contributed by atoms with Crippen LogP contribution in [0.5, 0.6) is 0 Å². The second kappa shape index (κ2) is 10.7. The highest BCUT2D eigenvalue weighted by Crippen LogP contribution is 2.15. The predicted octanol–water partition coefficient (Wildman–Crippen LogP) is 4.19. The molecule has 1 aromatic carbocycles. The average Bonchev–Trinajstić information content (AvgIpc) is 2.46. The van der Waals surface area contributed by atoms with Crippen LogP contribution in [-0.4, -0.2) is 25.8 Å². The molecule has 0 aliphatic heterocycles. The zero-order chi connectivity index (χ0) is 15.5. The molecule has 0 fully saturated rings. The van der Waals surface area contributed by atoms with Crippen molar-refractivity contribution < 1.29 is 9.13 Å². The standard InChI is InChI=1S/C18H30FNO/c1-4-5-11-21-12-10-16(14-20-15(2)3)13-17-8-6-7-9-18(17)19/h6-9,15-16,20H,4-5,10-14H2,1-3H3. The number of hydrogen-bond acceptors (Lipinski definition) is 2. The van der Waals surface area contributed by atoms with Crippen LogP contribution >= 0.6 is 0 Å². The molecule has 21 heavy (non-hydrogen) atoms. The van der Waals surface area contributed by atoms with Crippen molar-refractivity contribution >= 4 is 0 Å². The van der Waals surface area contributed by atoms with Crippen LogP contribution in [0.3, 0.4) is 0 Å². The highest BCUT2D eigenvalue weighted by Gasteiger charge is 2.13. The molecule has 0 heterocycles. The van der Waals surface area contributed by atoms with Crippen LogP contribution in [0.15, 0.2) is 24.3 Å². The second-order valence-corrected chi connectivity index (χ2v) is 5.98. The van der Waals surface area contributed by atoms with E-state index in [-0.39, 0.29) is 5.82 Å². The van der Waals surface area contributed by atoms with Gasteiger partial charge in [-0.15, -0.1) is 0 Å². The van der Waals surface area contributed by atoms with Crippen LogP contribution in [0.4, 0.5) is 4.39 Å². The van der Waals surface area contributed by atoms with Gasteiger partial charge in [-0.2, -0.15) is 0 Å². The van der Waals surface area contributed by atoms with Gasteiger partial charge in [0, 0.05) is 19.3 Å². The third kappa shape index (κ3) is 8.18. The molecular weight excluding hydrogens is 265 g/mol. The Kier molecular flexibility index (Phi) is 9.27. The van der Waals surface area contributed by atoms with Gasteiger partial charge < -0.3 is 10.1 Å². The Balaban J connectivity index is 2.45. The molecule has 1 atom stereocenters. The highest BCUT2D eigenvalue weighted by molar-refractivity contribution is 5.17. The lowest BCUT2D eigenvalue weighted by Crippen LogP contribution is -2.30. The Bertz CT molecular complexity index is 381. The van der Waals surface area contributed by atoms with E-state index >= 15 is 0 Å². The molecule has 1 rings (SSSR count). The first-order valence-corrected chi connectivity index (χ1v) is 8.18. The molecular formula is C18H30FNO. The molecule has 0 amide bonds. The molecule has 2 nitrogen and oxygen atoms in total. The molecule has 0 radical (unpaired) electrons. The Morgan fingerprint density at radius 1 is 1.19 bits per heavy atom. The molecule has 0 saturated carbocycles. The third-order valence-corrected chi connectivity index (χ3v) is 3.59. The molecule has 3 heteroatoms. The van der Waals surface area contributed by atoms with Gasteiger partial charge in [-0.05, 0) is 43.4 Å². The summed E-state index contributed by atoms with van der Waals surface area (Å²) in [6.45, 7) is 8.94. The van der Waals surface area contributed by atoms with Gasteiger partial charge >= 0.3 is 0 Å². The number of benzene rings is 1. The molecule has 120 valence electrons. The lowest BCUT2D eigenvalue weighted by atomic mass is 9.96. The number of nitrogens with one attached hydrogen (secondary N) is 1. The maximum atomic E-state index is 13.8. The molecule has 0 saturated heterocycles. The minimum absolute atomic E-state index is 0.0982. The van der Waals surface area contributed by atoms with E-state index in [0.717, 1.165) is 51.0 Å². The first kappa shape index (κ1) is 18.1. The van der Waals surface area contributed by atoms with E-state index in [0.29, 0.717) is 12.0 Å². The average molecular weight is 295 g/mol.